The third kappa shape index (κ3) is 6.69. The Morgan fingerprint density at radius 3 is 2.58 bits per heavy atom. The van der Waals surface area contributed by atoms with Gasteiger partial charge in [0.05, 0.1) is 37.5 Å². The fraction of sp³-hybridized carbons (Fsp3) is 0.585. The highest BCUT2D eigenvalue weighted by molar-refractivity contribution is 5.97. The molecule has 296 valence electrons. The molecule has 12 atom stereocenters. The van der Waals surface area contributed by atoms with Crippen molar-refractivity contribution in [1.82, 2.24) is 9.55 Å². The van der Waals surface area contributed by atoms with Gasteiger partial charge in [-0.05, 0) is 79.2 Å². The zero-order chi connectivity index (χ0) is 38.6. The monoisotopic (exact) mass is 760 g/mol. The predicted octanol–water partition coefficient (Wildman–Crippen LogP) is 2.25. The Bertz CT molecular complexity index is 1870. The summed E-state index contributed by atoms with van der Waals surface area (Å²) < 4.78 is 19.9. The maximum atomic E-state index is 13.2. The van der Waals surface area contributed by atoms with E-state index in [1.165, 1.54) is 0 Å². The van der Waals surface area contributed by atoms with E-state index in [9.17, 15) is 35.4 Å². The van der Waals surface area contributed by atoms with Gasteiger partial charge in [-0.15, -0.1) is 0 Å². The SMILES string of the molecule is C[C@]12CC[C@@H](OC3OC(CO)C(O)C(O)C3O)[C@@](C)(CO)C1CC1=Nc3nccn3CC1C2C=CC1=CC(=Cc2ccc(N3CCCC3CO)cc2)OC1=O. The number of aliphatic imine (C=N–C) groups is 1. The molecular formula is C41H52N4O10. The number of allylic oxidation sites excluding steroid dienone is 2. The molecule has 4 aliphatic heterocycles. The first-order chi connectivity index (χ1) is 26.5. The van der Waals surface area contributed by atoms with Crippen LogP contribution in [0.3, 0.4) is 0 Å². The second-order valence-corrected chi connectivity index (χ2v) is 16.6. The average Bonchev–Trinajstić information content (AvgIpc) is 3.94. The van der Waals surface area contributed by atoms with Crippen molar-refractivity contribution in [3.05, 3.63) is 71.8 Å². The molecule has 8 rings (SSSR count). The lowest BCUT2D eigenvalue weighted by Gasteiger charge is -2.62. The number of cyclic esters (lactones) is 1. The van der Waals surface area contributed by atoms with E-state index in [0.717, 1.165) is 36.3 Å². The van der Waals surface area contributed by atoms with Crippen LogP contribution >= 0.6 is 0 Å². The van der Waals surface area contributed by atoms with Gasteiger partial charge in [0.15, 0.2) is 6.29 Å². The molecule has 4 fully saturated rings. The van der Waals surface area contributed by atoms with Gasteiger partial charge in [-0.1, -0.05) is 38.1 Å². The average molecular weight is 761 g/mol. The molecule has 1 aromatic heterocycles. The largest absolute Gasteiger partial charge is 0.423 e. The Labute approximate surface area is 320 Å². The highest BCUT2D eigenvalue weighted by Gasteiger charge is 2.62. The topological polar surface area (TPSA) is 200 Å². The van der Waals surface area contributed by atoms with Gasteiger partial charge < -0.3 is 54.3 Å². The summed E-state index contributed by atoms with van der Waals surface area (Å²) in [6.07, 6.45) is 7.25. The van der Waals surface area contributed by atoms with Gasteiger partial charge in [0.2, 0.25) is 5.95 Å². The van der Waals surface area contributed by atoms with Crippen LogP contribution in [0, 0.1) is 28.6 Å². The first-order valence-electron chi connectivity index (χ1n) is 19.4. The van der Waals surface area contributed by atoms with Crippen LogP contribution in [0.1, 0.15) is 51.5 Å². The number of carbonyl (C=O) groups is 1. The van der Waals surface area contributed by atoms with Crippen LogP contribution in [0.5, 0.6) is 0 Å². The van der Waals surface area contributed by atoms with Gasteiger partial charge >= 0.3 is 5.97 Å². The highest BCUT2D eigenvalue weighted by atomic mass is 16.7. The van der Waals surface area contributed by atoms with E-state index >= 15 is 0 Å². The number of aliphatic hydroxyl groups excluding tert-OH is 6. The standard InChI is InChI=1S/C41H52N4O10/c1-40-12-11-33(55-38-36(51)35(50)34(49)31(21-47)54-38)41(2,22-48)32(40)18-30-28(19-44-15-13-42-39(44)43-30)29(40)10-7-24-17-27(53-37(24)52)16-23-5-8-25(9-6-23)45-14-3-4-26(45)20-46/h5-10,13,15-17,26,28-29,31-36,38,46-51H,3-4,11-12,14,18-22H2,1-2H3/t26?,28?,29?,31?,32?,33-,34?,35?,36?,38?,40-,41+/m1/s1. The molecule has 9 unspecified atom stereocenters. The predicted molar refractivity (Wildman–Crippen MR) is 201 cm³/mol. The number of aliphatic hydroxyl groups is 6. The highest BCUT2D eigenvalue weighted by Crippen LogP contribution is 2.62. The van der Waals surface area contributed by atoms with Crippen molar-refractivity contribution in [3.63, 3.8) is 0 Å². The second-order valence-electron chi connectivity index (χ2n) is 16.6. The fourth-order valence-corrected chi connectivity index (χ4v) is 10.3. The zero-order valence-corrected chi connectivity index (χ0v) is 31.2. The molecule has 0 bridgehead atoms. The van der Waals surface area contributed by atoms with Crippen LogP contribution in [0.15, 0.2) is 71.2 Å². The number of carbonyl (C=O) groups excluding carboxylic acids is 1. The zero-order valence-electron chi connectivity index (χ0n) is 31.2. The molecule has 2 saturated carbocycles. The van der Waals surface area contributed by atoms with Crippen LogP contribution in [0.4, 0.5) is 11.6 Å². The van der Waals surface area contributed by atoms with E-state index in [4.69, 9.17) is 19.2 Å². The van der Waals surface area contributed by atoms with Crippen molar-refractivity contribution in [3.8, 4) is 0 Å². The first-order valence-corrected chi connectivity index (χ1v) is 19.4. The lowest BCUT2D eigenvalue weighted by molar-refractivity contribution is -0.329. The summed E-state index contributed by atoms with van der Waals surface area (Å²) in [6.45, 7) is 5.08. The van der Waals surface area contributed by atoms with E-state index in [1.54, 1.807) is 12.3 Å². The van der Waals surface area contributed by atoms with E-state index in [2.05, 4.69) is 22.9 Å². The molecule has 2 saturated heterocycles. The van der Waals surface area contributed by atoms with Crippen LogP contribution in [0.25, 0.3) is 6.08 Å². The van der Waals surface area contributed by atoms with Crippen LogP contribution in [-0.2, 0) is 25.5 Å². The molecule has 2 aliphatic carbocycles. The molecule has 1 aromatic carbocycles. The smallest absolute Gasteiger partial charge is 0.343 e. The van der Waals surface area contributed by atoms with Gasteiger partial charge in [-0.25, -0.2) is 14.8 Å². The number of benzene rings is 1. The molecule has 14 heteroatoms. The summed E-state index contributed by atoms with van der Waals surface area (Å²) in [4.78, 5) is 24.9. The summed E-state index contributed by atoms with van der Waals surface area (Å²) >= 11 is 0. The van der Waals surface area contributed by atoms with E-state index in [1.807, 2.05) is 54.1 Å². The summed E-state index contributed by atoms with van der Waals surface area (Å²) in [6, 6.07) is 8.16. The quantitative estimate of drug-likeness (QED) is 0.161. The molecule has 6 N–H and O–H groups in total. The van der Waals surface area contributed by atoms with Gasteiger partial charge in [0.1, 0.15) is 30.2 Å². The molecule has 0 spiro atoms. The Balaban J connectivity index is 1.07. The fourth-order valence-electron chi connectivity index (χ4n) is 10.3. The molecular weight excluding hydrogens is 708 g/mol. The van der Waals surface area contributed by atoms with Crippen LogP contribution in [-0.4, -0.2) is 121 Å². The minimum absolute atomic E-state index is 0.00218. The Hall–Kier alpha value is -3.73. The number of anilines is 1. The molecule has 55 heavy (non-hydrogen) atoms. The maximum absolute atomic E-state index is 13.2. The van der Waals surface area contributed by atoms with E-state index in [0.29, 0.717) is 43.1 Å². The number of ether oxygens (including phenoxy) is 3. The molecule has 0 amide bonds. The third-order valence-corrected chi connectivity index (χ3v) is 13.5. The van der Waals surface area contributed by atoms with Gasteiger partial charge in [-0.2, -0.15) is 0 Å². The molecule has 0 radical (unpaired) electrons. The number of fused-ring (bicyclic) bond motifs is 3. The number of esters is 1. The van der Waals surface area contributed by atoms with Crippen molar-refractivity contribution in [2.24, 2.45) is 33.6 Å². The van der Waals surface area contributed by atoms with Crippen molar-refractivity contribution in [2.75, 3.05) is 31.3 Å². The number of aromatic nitrogens is 2. The van der Waals surface area contributed by atoms with Crippen LogP contribution < -0.4 is 4.90 Å². The maximum Gasteiger partial charge on any atom is 0.343 e. The number of hydrogen-bond acceptors (Lipinski definition) is 13. The van der Waals surface area contributed by atoms with Gasteiger partial charge in [0, 0.05) is 48.2 Å². The molecule has 6 aliphatic rings. The minimum Gasteiger partial charge on any atom is -0.423 e. The lowest BCUT2D eigenvalue weighted by atomic mass is 9.45. The number of hydrogen-bond donors (Lipinski definition) is 6. The summed E-state index contributed by atoms with van der Waals surface area (Å²) in [5.41, 5.74) is 2.08. The van der Waals surface area contributed by atoms with Crippen molar-refractivity contribution >= 4 is 29.4 Å². The number of imidazole rings is 1. The van der Waals surface area contributed by atoms with E-state index in [-0.39, 0.29) is 37.0 Å². The Morgan fingerprint density at radius 2 is 1.84 bits per heavy atom. The molecule has 5 heterocycles. The van der Waals surface area contributed by atoms with Gasteiger partial charge in [0.25, 0.3) is 0 Å². The Kier molecular flexibility index (Phi) is 10.4. The van der Waals surface area contributed by atoms with Crippen molar-refractivity contribution in [1.29, 1.82) is 0 Å². The summed E-state index contributed by atoms with van der Waals surface area (Å²) in [5, 5.41) is 62.3. The van der Waals surface area contributed by atoms with Crippen molar-refractivity contribution in [2.45, 2.75) is 95.3 Å². The van der Waals surface area contributed by atoms with Gasteiger partial charge in [-0.3, -0.25) is 0 Å². The summed E-state index contributed by atoms with van der Waals surface area (Å²) in [5.74, 6) is 0.342. The van der Waals surface area contributed by atoms with Crippen LogP contribution in [0.2, 0.25) is 0 Å². The Morgan fingerprint density at radius 1 is 1.04 bits per heavy atom. The number of nitrogens with zero attached hydrogens (tertiary/aromatic N) is 4. The minimum atomic E-state index is -1.58. The normalized spacial score (nSPS) is 39.5. The summed E-state index contributed by atoms with van der Waals surface area (Å²) in [7, 11) is 0. The second kappa shape index (κ2) is 15.0. The number of rotatable bonds is 9. The first kappa shape index (κ1) is 38.2. The lowest BCUT2D eigenvalue weighted by Crippen LogP contribution is -2.64. The van der Waals surface area contributed by atoms with Crippen molar-refractivity contribution < 1.29 is 49.6 Å². The third-order valence-electron chi connectivity index (χ3n) is 13.5. The van der Waals surface area contributed by atoms with E-state index < -0.39 is 60.2 Å². The molecule has 14 nitrogen and oxygen atoms in total. The molecule has 2 aromatic rings.